The van der Waals surface area contributed by atoms with Crippen LogP contribution in [-0.4, -0.2) is 41.6 Å². The Morgan fingerprint density at radius 3 is 2.67 bits per heavy atom. The first-order valence-corrected chi connectivity index (χ1v) is 7.47. The van der Waals surface area contributed by atoms with E-state index in [-0.39, 0.29) is 0 Å². The van der Waals surface area contributed by atoms with Crippen molar-refractivity contribution in [2.45, 2.75) is 45.1 Å². The molecule has 1 rings (SSSR count). The smallest absolute Gasteiger partial charge is 0.0329 e. The predicted octanol–water partition coefficient (Wildman–Crippen LogP) is 2.33. The highest BCUT2D eigenvalue weighted by Crippen LogP contribution is 2.27. The van der Waals surface area contributed by atoms with Gasteiger partial charge in [0, 0.05) is 24.4 Å². The molecule has 0 aromatic heterocycles. The summed E-state index contributed by atoms with van der Waals surface area (Å²) in [7, 11) is 0. The molecule has 1 aliphatic heterocycles. The van der Waals surface area contributed by atoms with Gasteiger partial charge in [-0.25, -0.2) is 0 Å². The number of hydrogen-bond acceptors (Lipinski definition) is 3. The average Bonchev–Trinajstić information content (AvgIpc) is 2.55. The molecule has 0 aromatic rings. The van der Waals surface area contributed by atoms with Crippen molar-refractivity contribution in [3.05, 3.63) is 0 Å². The number of thioether (sulfide) groups is 1. The van der Waals surface area contributed by atoms with E-state index < -0.39 is 0 Å². The van der Waals surface area contributed by atoms with Crippen LogP contribution in [0.15, 0.2) is 0 Å². The third-order valence-corrected chi connectivity index (χ3v) is 4.70. The molecule has 1 aliphatic rings. The lowest BCUT2D eigenvalue weighted by Gasteiger charge is -2.42. The number of hydrogen-bond donors (Lipinski definition) is 1. The Bertz CT molecular complexity index is 161. The lowest BCUT2D eigenvalue weighted by Crippen LogP contribution is -2.54. The molecule has 3 heteroatoms. The summed E-state index contributed by atoms with van der Waals surface area (Å²) in [5, 5.41) is 0. The Hall–Kier alpha value is 0.270. The van der Waals surface area contributed by atoms with Gasteiger partial charge in [0.15, 0.2) is 0 Å². The molecule has 90 valence electrons. The quantitative estimate of drug-likeness (QED) is 0.786. The molecule has 2 nitrogen and oxygen atoms in total. The summed E-state index contributed by atoms with van der Waals surface area (Å²) < 4.78 is 0. The van der Waals surface area contributed by atoms with E-state index in [0.717, 1.165) is 6.54 Å². The van der Waals surface area contributed by atoms with Gasteiger partial charge in [-0.1, -0.05) is 20.3 Å². The maximum atomic E-state index is 6.04. The summed E-state index contributed by atoms with van der Waals surface area (Å²) in [6.45, 7) is 7.86. The van der Waals surface area contributed by atoms with E-state index in [1.54, 1.807) is 0 Å². The lowest BCUT2D eigenvalue weighted by atomic mass is 9.88. The van der Waals surface area contributed by atoms with Crippen molar-refractivity contribution in [3.63, 3.8) is 0 Å². The Labute approximate surface area is 99.0 Å². The predicted molar refractivity (Wildman–Crippen MR) is 70.5 cm³/mol. The van der Waals surface area contributed by atoms with E-state index in [2.05, 4.69) is 30.5 Å². The summed E-state index contributed by atoms with van der Waals surface area (Å²) in [5.74, 6) is 2.61. The molecule has 1 saturated heterocycles. The highest BCUT2D eigenvalue weighted by Gasteiger charge is 2.32. The molecule has 0 spiro atoms. The number of nitrogens with zero attached hydrogens (tertiary/aromatic N) is 1. The highest BCUT2D eigenvalue weighted by molar-refractivity contribution is 7.99. The molecular formula is C12H26N2S. The van der Waals surface area contributed by atoms with Crippen LogP contribution in [0.4, 0.5) is 0 Å². The summed E-state index contributed by atoms with van der Waals surface area (Å²) in [5.41, 5.74) is 6.33. The Morgan fingerprint density at radius 1 is 1.27 bits per heavy atom. The van der Waals surface area contributed by atoms with Gasteiger partial charge < -0.3 is 5.73 Å². The number of rotatable bonds is 5. The van der Waals surface area contributed by atoms with Crippen LogP contribution >= 0.6 is 11.8 Å². The van der Waals surface area contributed by atoms with Crippen LogP contribution in [0.25, 0.3) is 0 Å². The van der Waals surface area contributed by atoms with Crippen molar-refractivity contribution in [1.29, 1.82) is 0 Å². The van der Waals surface area contributed by atoms with E-state index in [9.17, 15) is 0 Å². The minimum Gasteiger partial charge on any atom is -0.329 e. The van der Waals surface area contributed by atoms with Crippen LogP contribution < -0.4 is 5.73 Å². The van der Waals surface area contributed by atoms with Crippen LogP contribution in [-0.2, 0) is 0 Å². The van der Waals surface area contributed by atoms with Gasteiger partial charge in [-0.3, -0.25) is 4.90 Å². The maximum Gasteiger partial charge on any atom is 0.0329 e. The summed E-state index contributed by atoms with van der Waals surface area (Å²) in [6, 6.07) is 0. The molecule has 0 aromatic carbocycles. The molecule has 0 radical (unpaired) electrons. The molecule has 1 fully saturated rings. The minimum absolute atomic E-state index is 0.291. The second kappa shape index (κ2) is 6.77. The zero-order valence-electron chi connectivity index (χ0n) is 10.3. The van der Waals surface area contributed by atoms with E-state index in [1.807, 2.05) is 0 Å². The lowest BCUT2D eigenvalue weighted by molar-refractivity contribution is 0.0883. The summed E-state index contributed by atoms with van der Waals surface area (Å²) >= 11 is 2.09. The van der Waals surface area contributed by atoms with E-state index >= 15 is 0 Å². The fourth-order valence-electron chi connectivity index (χ4n) is 2.62. The fourth-order valence-corrected chi connectivity index (χ4v) is 3.51. The van der Waals surface area contributed by atoms with Gasteiger partial charge in [0.2, 0.25) is 0 Å². The van der Waals surface area contributed by atoms with Crippen molar-refractivity contribution >= 4 is 11.8 Å². The minimum atomic E-state index is 0.291. The largest absolute Gasteiger partial charge is 0.329 e. The molecule has 0 bridgehead atoms. The SMILES string of the molecule is CCCC(CC)(CN)N1CCCSCC1. The molecule has 15 heavy (non-hydrogen) atoms. The van der Waals surface area contributed by atoms with Gasteiger partial charge in [-0.15, -0.1) is 0 Å². The van der Waals surface area contributed by atoms with Gasteiger partial charge in [0.05, 0.1) is 0 Å². The van der Waals surface area contributed by atoms with Crippen LogP contribution in [0, 0.1) is 0 Å². The first kappa shape index (κ1) is 13.3. The normalized spacial score (nSPS) is 23.4. The molecule has 1 heterocycles. The van der Waals surface area contributed by atoms with Gasteiger partial charge in [0.25, 0.3) is 0 Å². The van der Waals surface area contributed by atoms with E-state index in [1.165, 1.54) is 50.3 Å². The number of nitrogens with two attached hydrogens (primary N) is 1. The van der Waals surface area contributed by atoms with Crippen molar-refractivity contribution in [3.8, 4) is 0 Å². The monoisotopic (exact) mass is 230 g/mol. The third kappa shape index (κ3) is 3.36. The van der Waals surface area contributed by atoms with Crippen molar-refractivity contribution in [2.75, 3.05) is 31.1 Å². The molecule has 0 amide bonds. The Kier molecular flexibility index (Phi) is 6.02. The van der Waals surface area contributed by atoms with Crippen LogP contribution in [0.5, 0.6) is 0 Å². The molecule has 0 saturated carbocycles. The van der Waals surface area contributed by atoms with Crippen molar-refractivity contribution in [1.82, 2.24) is 4.90 Å². The second-order valence-electron chi connectivity index (χ2n) is 4.48. The fraction of sp³-hybridized carbons (Fsp3) is 1.00. The summed E-state index contributed by atoms with van der Waals surface area (Å²) in [4.78, 5) is 2.66. The Balaban J connectivity index is 2.66. The van der Waals surface area contributed by atoms with E-state index in [4.69, 9.17) is 5.73 Å². The molecule has 1 unspecified atom stereocenters. The van der Waals surface area contributed by atoms with Crippen LogP contribution in [0.2, 0.25) is 0 Å². The Morgan fingerprint density at radius 2 is 2.07 bits per heavy atom. The van der Waals surface area contributed by atoms with Gasteiger partial charge in [-0.2, -0.15) is 11.8 Å². The first-order valence-electron chi connectivity index (χ1n) is 6.32. The van der Waals surface area contributed by atoms with Gasteiger partial charge >= 0.3 is 0 Å². The molecular weight excluding hydrogens is 204 g/mol. The highest BCUT2D eigenvalue weighted by atomic mass is 32.2. The zero-order chi connectivity index (χ0) is 11.1. The van der Waals surface area contributed by atoms with Crippen LogP contribution in [0.1, 0.15) is 39.5 Å². The maximum absolute atomic E-state index is 6.04. The average molecular weight is 230 g/mol. The molecule has 2 N–H and O–H groups in total. The van der Waals surface area contributed by atoms with Crippen molar-refractivity contribution < 1.29 is 0 Å². The van der Waals surface area contributed by atoms with Gasteiger partial charge in [0.1, 0.15) is 0 Å². The van der Waals surface area contributed by atoms with E-state index in [0.29, 0.717) is 5.54 Å². The molecule has 1 atom stereocenters. The van der Waals surface area contributed by atoms with Gasteiger partial charge in [-0.05, 0) is 31.6 Å². The second-order valence-corrected chi connectivity index (χ2v) is 5.71. The van der Waals surface area contributed by atoms with Crippen LogP contribution in [0.3, 0.4) is 0 Å². The molecule has 0 aliphatic carbocycles. The standard InChI is InChI=1S/C12H26N2S/c1-3-6-12(4-2,11-13)14-7-5-9-15-10-8-14/h3-11,13H2,1-2H3. The third-order valence-electron chi connectivity index (χ3n) is 3.65. The topological polar surface area (TPSA) is 29.3 Å². The van der Waals surface area contributed by atoms with Crippen molar-refractivity contribution in [2.24, 2.45) is 5.73 Å². The zero-order valence-corrected chi connectivity index (χ0v) is 11.1. The first-order chi connectivity index (χ1) is 7.29. The summed E-state index contributed by atoms with van der Waals surface area (Å²) in [6.07, 6.45) is 5.03.